The molecule has 0 unspecified atom stereocenters. The summed E-state index contributed by atoms with van der Waals surface area (Å²) in [6, 6.07) is 30.2. The monoisotopic (exact) mass is 493 g/mol. The van der Waals surface area contributed by atoms with Crippen LogP contribution in [0.4, 0.5) is 5.69 Å². The van der Waals surface area contributed by atoms with E-state index in [-0.39, 0.29) is 11.0 Å². The molecule has 0 saturated carbocycles. The van der Waals surface area contributed by atoms with Crippen molar-refractivity contribution < 1.29 is 13.9 Å². The van der Waals surface area contributed by atoms with Crippen LogP contribution in [0.2, 0.25) is 0 Å². The lowest BCUT2D eigenvalue weighted by Crippen LogP contribution is -2.34. The highest BCUT2D eigenvalue weighted by atomic mass is 32.1. The van der Waals surface area contributed by atoms with Crippen LogP contribution >= 0.6 is 12.2 Å². The predicted octanol–water partition coefficient (Wildman–Crippen LogP) is 6.51. The zero-order valence-electron chi connectivity index (χ0n) is 19.5. The van der Waals surface area contributed by atoms with Crippen molar-refractivity contribution in [3.63, 3.8) is 0 Å². The second-order valence-electron chi connectivity index (χ2n) is 8.28. The largest absolute Gasteiger partial charge is 0.489 e. The van der Waals surface area contributed by atoms with Gasteiger partial charge in [0.2, 0.25) is 5.89 Å². The molecule has 4 aromatic carbocycles. The van der Waals surface area contributed by atoms with Crippen LogP contribution in [0.15, 0.2) is 101 Å². The fourth-order valence-corrected chi connectivity index (χ4v) is 3.90. The highest BCUT2D eigenvalue weighted by molar-refractivity contribution is 7.80. The Kier molecular flexibility index (Phi) is 6.73. The van der Waals surface area contributed by atoms with Gasteiger partial charge < -0.3 is 14.5 Å². The Labute approximate surface area is 213 Å². The van der Waals surface area contributed by atoms with Crippen LogP contribution in [-0.2, 0) is 6.61 Å². The van der Waals surface area contributed by atoms with E-state index in [1.165, 1.54) is 0 Å². The van der Waals surface area contributed by atoms with E-state index in [1.54, 1.807) is 18.2 Å². The van der Waals surface area contributed by atoms with Gasteiger partial charge in [-0.25, -0.2) is 4.98 Å². The molecule has 1 amide bonds. The highest BCUT2D eigenvalue weighted by Gasteiger charge is 2.12. The highest BCUT2D eigenvalue weighted by Crippen LogP contribution is 2.26. The Bertz CT molecular complexity index is 1550. The summed E-state index contributed by atoms with van der Waals surface area (Å²) in [4.78, 5) is 17.3. The summed E-state index contributed by atoms with van der Waals surface area (Å²) >= 11 is 5.37. The lowest BCUT2D eigenvalue weighted by atomic mass is 10.2. The number of carbonyl (C=O) groups excluding carboxylic acids is 1. The molecule has 5 rings (SSSR count). The average Bonchev–Trinajstić information content (AvgIpc) is 3.32. The number of aryl methyl sites for hydroxylation is 1. The summed E-state index contributed by atoms with van der Waals surface area (Å²) in [5.41, 5.74) is 5.64. The summed E-state index contributed by atoms with van der Waals surface area (Å²) < 4.78 is 11.7. The Hall–Kier alpha value is -4.49. The minimum Gasteiger partial charge on any atom is -0.489 e. The summed E-state index contributed by atoms with van der Waals surface area (Å²) in [5.74, 6) is 0.788. The van der Waals surface area contributed by atoms with Crippen LogP contribution in [0.5, 0.6) is 5.75 Å². The molecule has 1 aromatic heterocycles. The van der Waals surface area contributed by atoms with E-state index in [1.807, 2.05) is 85.8 Å². The minimum absolute atomic E-state index is 0.181. The average molecular weight is 494 g/mol. The molecule has 5 aromatic rings. The second kappa shape index (κ2) is 10.4. The summed E-state index contributed by atoms with van der Waals surface area (Å²) in [6.45, 7) is 2.43. The summed E-state index contributed by atoms with van der Waals surface area (Å²) in [7, 11) is 0. The fourth-order valence-electron chi connectivity index (χ4n) is 3.69. The van der Waals surface area contributed by atoms with Crippen molar-refractivity contribution >= 4 is 40.0 Å². The first-order chi connectivity index (χ1) is 17.5. The number of hydrogen-bond donors (Lipinski definition) is 2. The quantitative estimate of drug-likeness (QED) is 0.263. The molecule has 36 heavy (non-hydrogen) atoms. The van der Waals surface area contributed by atoms with E-state index in [2.05, 4.69) is 15.6 Å². The second-order valence-corrected chi connectivity index (χ2v) is 8.69. The molecule has 0 atom stereocenters. The van der Waals surface area contributed by atoms with E-state index in [4.69, 9.17) is 21.4 Å². The van der Waals surface area contributed by atoms with Gasteiger partial charge in [0.25, 0.3) is 5.91 Å². The van der Waals surface area contributed by atoms with E-state index in [9.17, 15) is 4.79 Å². The molecule has 2 N–H and O–H groups in total. The maximum atomic E-state index is 12.8. The Morgan fingerprint density at radius 3 is 2.64 bits per heavy atom. The SMILES string of the molecule is Cc1ccc2nc(-c3cccc(NC(=S)NC(=O)c4cccc(OCc5ccccc5)c4)c3)oc2c1. The molecule has 0 aliphatic carbocycles. The van der Waals surface area contributed by atoms with Crippen LogP contribution in [0.25, 0.3) is 22.6 Å². The zero-order chi connectivity index (χ0) is 24.9. The molecule has 0 fully saturated rings. The van der Waals surface area contributed by atoms with E-state index in [0.717, 1.165) is 27.8 Å². The third kappa shape index (κ3) is 5.59. The number of anilines is 1. The maximum absolute atomic E-state index is 12.8. The first kappa shape index (κ1) is 23.3. The van der Waals surface area contributed by atoms with Crippen molar-refractivity contribution in [3.8, 4) is 17.2 Å². The normalized spacial score (nSPS) is 10.7. The number of nitrogens with zero attached hydrogens (tertiary/aromatic N) is 1. The standard InChI is InChI=1S/C29H23N3O3S/c1-19-13-14-25-26(15-19)35-28(31-25)22-10-5-11-23(16-22)30-29(36)32-27(33)21-9-6-12-24(17-21)34-18-20-7-3-2-4-8-20/h2-17H,18H2,1H3,(H2,30,32,33,36). The molecule has 0 radical (unpaired) electrons. The fraction of sp³-hybridized carbons (Fsp3) is 0.0690. The van der Waals surface area contributed by atoms with Crippen molar-refractivity contribution in [1.82, 2.24) is 10.3 Å². The molecule has 6 nitrogen and oxygen atoms in total. The van der Waals surface area contributed by atoms with Gasteiger partial charge in [-0.1, -0.05) is 48.5 Å². The van der Waals surface area contributed by atoms with Crippen LogP contribution in [0, 0.1) is 6.92 Å². The number of oxazole rings is 1. The maximum Gasteiger partial charge on any atom is 0.257 e. The molecule has 0 saturated heterocycles. The van der Waals surface area contributed by atoms with Gasteiger partial charge >= 0.3 is 0 Å². The molecular formula is C29H23N3O3S. The van der Waals surface area contributed by atoms with Gasteiger partial charge in [0, 0.05) is 16.8 Å². The lowest BCUT2D eigenvalue weighted by Gasteiger charge is -2.11. The van der Waals surface area contributed by atoms with Gasteiger partial charge in [-0.05, 0) is 78.8 Å². The molecule has 0 aliphatic heterocycles. The Balaban J connectivity index is 1.22. The number of amides is 1. The van der Waals surface area contributed by atoms with E-state index in [0.29, 0.717) is 29.5 Å². The van der Waals surface area contributed by atoms with Crippen molar-refractivity contribution in [1.29, 1.82) is 0 Å². The van der Waals surface area contributed by atoms with E-state index < -0.39 is 0 Å². The zero-order valence-corrected chi connectivity index (χ0v) is 20.3. The van der Waals surface area contributed by atoms with Crippen LogP contribution in [0.3, 0.4) is 0 Å². The molecule has 1 heterocycles. The van der Waals surface area contributed by atoms with Gasteiger partial charge in [-0.15, -0.1) is 0 Å². The third-order valence-electron chi connectivity index (χ3n) is 5.48. The Morgan fingerprint density at radius 1 is 0.944 bits per heavy atom. The number of thiocarbonyl (C=S) groups is 1. The lowest BCUT2D eigenvalue weighted by molar-refractivity contribution is 0.0977. The van der Waals surface area contributed by atoms with Gasteiger partial charge in [0.05, 0.1) is 0 Å². The predicted molar refractivity (Wildman–Crippen MR) is 145 cm³/mol. The third-order valence-corrected chi connectivity index (χ3v) is 5.69. The molecule has 178 valence electrons. The van der Waals surface area contributed by atoms with Gasteiger partial charge in [-0.3, -0.25) is 10.1 Å². The summed E-state index contributed by atoms with van der Waals surface area (Å²) in [5, 5.41) is 5.96. The van der Waals surface area contributed by atoms with Crippen molar-refractivity contribution in [2.24, 2.45) is 0 Å². The first-order valence-electron chi connectivity index (χ1n) is 11.4. The molecule has 0 bridgehead atoms. The summed E-state index contributed by atoms with van der Waals surface area (Å²) in [6.07, 6.45) is 0. The number of benzene rings is 4. The van der Waals surface area contributed by atoms with Crippen LogP contribution in [0.1, 0.15) is 21.5 Å². The number of hydrogen-bond acceptors (Lipinski definition) is 5. The van der Waals surface area contributed by atoms with Gasteiger partial charge in [0.1, 0.15) is 17.9 Å². The number of fused-ring (bicyclic) bond motifs is 1. The molecule has 0 spiro atoms. The van der Waals surface area contributed by atoms with Crippen molar-refractivity contribution in [3.05, 3.63) is 114 Å². The van der Waals surface area contributed by atoms with Crippen LogP contribution < -0.4 is 15.4 Å². The number of aromatic nitrogens is 1. The van der Waals surface area contributed by atoms with Crippen LogP contribution in [-0.4, -0.2) is 16.0 Å². The van der Waals surface area contributed by atoms with Gasteiger partial charge in [-0.2, -0.15) is 0 Å². The van der Waals surface area contributed by atoms with Crippen molar-refractivity contribution in [2.45, 2.75) is 13.5 Å². The smallest absolute Gasteiger partial charge is 0.257 e. The number of nitrogens with one attached hydrogen (secondary N) is 2. The molecular weight excluding hydrogens is 470 g/mol. The molecule has 7 heteroatoms. The van der Waals surface area contributed by atoms with Crippen molar-refractivity contribution in [2.75, 3.05) is 5.32 Å². The van der Waals surface area contributed by atoms with Gasteiger partial charge in [0.15, 0.2) is 10.7 Å². The topological polar surface area (TPSA) is 76.4 Å². The van der Waals surface area contributed by atoms with E-state index >= 15 is 0 Å². The molecule has 0 aliphatic rings. The first-order valence-corrected chi connectivity index (χ1v) is 11.8. The number of carbonyl (C=O) groups is 1. The number of ether oxygens (including phenoxy) is 1. The Morgan fingerprint density at radius 2 is 1.78 bits per heavy atom. The number of rotatable bonds is 6. The minimum atomic E-state index is -0.330.